The normalized spacial score (nSPS) is 15.8. The van der Waals surface area contributed by atoms with E-state index in [1.807, 2.05) is 81.1 Å². The quantitative estimate of drug-likeness (QED) is 0.440. The monoisotopic (exact) mass is 488 g/mol. The SMILES string of the molecule is CCC(Oc1ccc2c(c1)C(c1cccc(F)c1)N(C(=O)C(C)C)CC2)C(=O)Nc1ccc(C)cc1. The molecule has 188 valence electrons. The Balaban J connectivity index is 1.64. The molecular weight excluding hydrogens is 455 g/mol. The maximum absolute atomic E-state index is 14.2. The van der Waals surface area contributed by atoms with Crippen molar-refractivity contribution in [3.05, 3.63) is 94.8 Å². The van der Waals surface area contributed by atoms with Gasteiger partial charge in [-0.15, -0.1) is 0 Å². The average molecular weight is 489 g/mol. The summed E-state index contributed by atoms with van der Waals surface area (Å²) in [6.07, 6.45) is 0.499. The minimum absolute atomic E-state index is 0.0187. The number of rotatable bonds is 7. The molecule has 6 heteroatoms. The summed E-state index contributed by atoms with van der Waals surface area (Å²) in [6.45, 7) is 8.20. The molecule has 0 aromatic heterocycles. The topological polar surface area (TPSA) is 58.6 Å². The highest BCUT2D eigenvalue weighted by atomic mass is 19.1. The number of fused-ring (bicyclic) bond motifs is 1. The van der Waals surface area contributed by atoms with Crippen LogP contribution in [-0.2, 0) is 16.0 Å². The molecule has 0 bridgehead atoms. The number of hydrogen-bond donors (Lipinski definition) is 1. The van der Waals surface area contributed by atoms with E-state index in [-0.39, 0.29) is 23.5 Å². The van der Waals surface area contributed by atoms with Crippen LogP contribution < -0.4 is 10.1 Å². The molecule has 0 radical (unpaired) electrons. The van der Waals surface area contributed by atoms with Gasteiger partial charge in [0, 0.05) is 18.2 Å². The Morgan fingerprint density at radius 1 is 1.08 bits per heavy atom. The first kappa shape index (κ1) is 25.4. The van der Waals surface area contributed by atoms with Crippen LogP contribution in [0.3, 0.4) is 0 Å². The number of halogens is 1. The molecule has 1 heterocycles. The fourth-order valence-corrected chi connectivity index (χ4v) is 4.62. The number of carbonyl (C=O) groups excluding carboxylic acids is 2. The first-order chi connectivity index (χ1) is 17.3. The maximum Gasteiger partial charge on any atom is 0.265 e. The fraction of sp³-hybridized carbons (Fsp3) is 0.333. The first-order valence-electron chi connectivity index (χ1n) is 12.5. The highest BCUT2D eigenvalue weighted by Crippen LogP contribution is 2.38. The van der Waals surface area contributed by atoms with Crippen LogP contribution in [0.15, 0.2) is 66.7 Å². The van der Waals surface area contributed by atoms with E-state index in [1.54, 1.807) is 6.07 Å². The fourth-order valence-electron chi connectivity index (χ4n) is 4.62. The molecule has 3 aromatic carbocycles. The molecule has 3 aromatic rings. The van der Waals surface area contributed by atoms with Gasteiger partial charge in [-0.25, -0.2) is 4.39 Å². The van der Waals surface area contributed by atoms with Crippen molar-refractivity contribution in [3.8, 4) is 5.75 Å². The summed E-state index contributed by atoms with van der Waals surface area (Å²) in [7, 11) is 0. The second-order valence-electron chi connectivity index (χ2n) is 9.62. The van der Waals surface area contributed by atoms with Gasteiger partial charge in [0.25, 0.3) is 5.91 Å². The Kier molecular flexibility index (Phi) is 7.73. The van der Waals surface area contributed by atoms with E-state index < -0.39 is 12.1 Å². The summed E-state index contributed by atoms with van der Waals surface area (Å²) in [5.41, 5.74) is 4.52. The van der Waals surface area contributed by atoms with Gasteiger partial charge in [-0.3, -0.25) is 9.59 Å². The number of hydrogen-bond acceptors (Lipinski definition) is 3. The van der Waals surface area contributed by atoms with E-state index in [2.05, 4.69) is 5.32 Å². The lowest BCUT2D eigenvalue weighted by Gasteiger charge is -2.39. The summed E-state index contributed by atoms with van der Waals surface area (Å²) in [5.74, 6) is -0.192. The van der Waals surface area contributed by atoms with Crippen molar-refractivity contribution in [3.63, 3.8) is 0 Å². The Labute approximate surface area is 212 Å². The molecule has 1 N–H and O–H groups in total. The number of amides is 2. The lowest BCUT2D eigenvalue weighted by atomic mass is 9.87. The van der Waals surface area contributed by atoms with Crippen molar-refractivity contribution in [2.45, 2.75) is 52.7 Å². The number of nitrogens with one attached hydrogen (secondary N) is 1. The summed E-state index contributed by atoms with van der Waals surface area (Å²) in [5, 5.41) is 2.92. The van der Waals surface area contributed by atoms with Crippen molar-refractivity contribution in [1.82, 2.24) is 4.90 Å². The number of aryl methyl sites for hydroxylation is 1. The predicted octanol–water partition coefficient (Wildman–Crippen LogP) is 6.06. The zero-order valence-electron chi connectivity index (χ0n) is 21.3. The molecule has 0 fully saturated rings. The summed E-state index contributed by atoms with van der Waals surface area (Å²) in [4.78, 5) is 27.9. The predicted molar refractivity (Wildman–Crippen MR) is 139 cm³/mol. The highest BCUT2D eigenvalue weighted by molar-refractivity contribution is 5.94. The largest absolute Gasteiger partial charge is 0.481 e. The standard InChI is InChI=1S/C30H33FN2O3/c1-5-27(29(34)32-24-12-9-20(4)10-13-24)36-25-14-11-21-15-16-33(30(35)19(2)3)28(26(21)18-25)22-7-6-8-23(31)17-22/h6-14,17-19,27-28H,5,15-16H2,1-4H3,(H,32,34). The number of anilines is 1. The molecular formula is C30H33FN2O3. The number of carbonyl (C=O) groups is 2. The molecule has 1 aliphatic rings. The van der Waals surface area contributed by atoms with E-state index in [0.29, 0.717) is 36.4 Å². The van der Waals surface area contributed by atoms with Gasteiger partial charge in [0.1, 0.15) is 11.6 Å². The van der Waals surface area contributed by atoms with Crippen LogP contribution in [0.1, 0.15) is 55.5 Å². The van der Waals surface area contributed by atoms with Gasteiger partial charge in [0.15, 0.2) is 6.10 Å². The van der Waals surface area contributed by atoms with Gasteiger partial charge in [0.05, 0.1) is 6.04 Å². The van der Waals surface area contributed by atoms with Crippen LogP contribution in [0.4, 0.5) is 10.1 Å². The van der Waals surface area contributed by atoms with E-state index in [1.165, 1.54) is 12.1 Å². The first-order valence-corrected chi connectivity index (χ1v) is 12.5. The smallest absolute Gasteiger partial charge is 0.265 e. The van der Waals surface area contributed by atoms with Crippen LogP contribution >= 0.6 is 0 Å². The van der Waals surface area contributed by atoms with Gasteiger partial charge in [-0.1, -0.05) is 56.7 Å². The van der Waals surface area contributed by atoms with Crippen molar-refractivity contribution < 1.29 is 18.7 Å². The minimum Gasteiger partial charge on any atom is -0.481 e. The van der Waals surface area contributed by atoms with Gasteiger partial charge in [-0.2, -0.15) is 0 Å². The molecule has 0 saturated heterocycles. The van der Waals surface area contributed by atoms with Gasteiger partial charge < -0.3 is 15.0 Å². The third-order valence-electron chi connectivity index (χ3n) is 6.55. The highest BCUT2D eigenvalue weighted by Gasteiger charge is 2.34. The molecule has 1 aliphatic heterocycles. The average Bonchev–Trinajstić information content (AvgIpc) is 2.87. The van der Waals surface area contributed by atoms with Crippen LogP contribution in [0.25, 0.3) is 0 Å². The molecule has 2 unspecified atom stereocenters. The van der Waals surface area contributed by atoms with E-state index in [9.17, 15) is 14.0 Å². The van der Waals surface area contributed by atoms with E-state index in [4.69, 9.17) is 4.74 Å². The van der Waals surface area contributed by atoms with Crippen LogP contribution in [-0.4, -0.2) is 29.4 Å². The minimum atomic E-state index is -0.686. The molecule has 36 heavy (non-hydrogen) atoms. The molecule has 0 aliphatic carbocycles. The Morgan fingerprint density at radius 3 is 2.50 bits per heavy atom. The number of nitrogens with zero attached hydrogens (tertiary/aromatic N) is 1. The van der Waals surface area contributed by atoms with Crippen molar-refractivity contribution in [2.24, 2.45) is 5.92 Å². The lowest BCUT2D eigenvalue weighted by Crippen LogP contribution is -2.42. The second kappa shape index (κ2) is 10.9. The second-order valence-corrected chi connectivity index (χ2v) is 9.62. The Hall–Kier alpha value is -3.67. The van der Waals surface area contributed by atoms with Crippen LogP contribution in [0, 0.1) is 18.7 Å². The van der Waals surface area contributed by atoms with Crippen LogP contribution in [0.2, 0.25) is 0 Å². The van der Waals surface area contributed by atoms with Crippen LogP contribution in [0.5, 0.6) is 5.75 Å². The van der Waals surface area contributed by atoms with Crippen molar-refractivity contribution in [1.29, 1.82) is 0 Å². The van der Waals surface area contributed by atoms with Crippen molar-refractivity contribution >= 4 is 17.5 Å². The van der Waals surface area contributed by atoms with Gasteiger partial charge >= 0.3 is 0 Å². The molecule has 4 rings (SSSR count). The zero-order chi connectivity index (χ0) is 25.8. The summed E-state index contributed by atoms with van der Waals surface area (Å²) < 4.78 is 20.3. The number of benzene rings is 3. The molecule has 0 spiro atoms. The summed E-state index contributed by atoms with van der Waals surface area (Å²) in [6, 6.07) is 19.3. The zero-order valence-corrected chi connectivity index (χ0v) is 21.3. The van der Waals surface area contributed by atoms with E-state index in [0.717, 1.165) is 16.7 Å². The van der Waals surface area contributed by atoms with E-state index >= 15 is 0 Å². The maximum atomic E-state index is 14.2. The Bertz CT molecular complexity index is 1240. The van der Waals surface area contributed by atoms with Gasteiger partial charge in [-0.05, 0) is 72.9 Å². The molecule has 2 amide bonds. The third-order valence-corrected chi connectivity index (χ3v) is 6.55. The summed E-state index contributed by atoms with van der Waals surface area (Å²) >= 11 is 0. The molecule has 0 saturated carbocycles. The lowest BCUT2D eigenvalue weighted by molar-refractivity contribution is -0.136. The third kappa shape index (κ3) is 5.59. The molecule has 2 atom stereocenters. The molecule has 5 nitrogen and oxygen atoms in total. The van der Waals surface area contributed by atoms with Crippen molar-refractivity contribution in [2.75, 3.05) is 11.9 Å². The van der Waals surface area contributed by atoms with Gasteiger partial charge in [0.2, 0.25) is 5.91 Å². The Morgan fingerprint density at radius 2 is 1.83 bits per heavy atom. The number of ether oxygens (including phenoxy) is 1.